The fourth-order valence-corrected chi connectivity index (χ4v) is 2.05. The molecule has 0 aliphatic carbocycles. The van der Waals surface area contributed by atoms with Crippen molar-refractivity contribution in [2.75, 3.05) is 5.32 Å². The Morgan fingerprint density at radius 2 is 2.00 bits per heavy atom. The standard InChI is InChI=1S/C16H16FN5O2/c1-3-13(15-19-10(2)24-22-15)20-16-18-9-8-14(21-16)23-12-6-4-11(17)5-7-12/h4-9,13H,3H2,1-2H3,(H,18,20,21). The van der Waals surface area contributed by atoms with Crippen molar-refractivity contribution in [3.8, 4) is 11.6 Å². The van der Waals surface area contributed by atoms with E-state index in [-0.39, 0.29) is 11.9 Å². The van der Waals surface area contributed by atoms with Crippen molar-refractivity contribution in [3.63, 3.8) is 0 Å². The Labute approximate surface area is 137 Å². The summed E-state index contributed by atoms with van der Waals surface area (Å²) in [6.45, 7) is 3.72. The van der Waals surface area contributed by atoms with Crippen LogP contribution in [0.25, 0.3) is 0 Å². The maximum absolute atomic E-state index is 12.9. The number of halogens is 1. The van der Waals surface area contributed by atoms with Crippen molar-refractivity contribution in [2.24, 2.45) is 0 Å². The number of rotatable bonds is 6. The van der Waals surface area contributed by atoms with Crippen LogP contribution in [0.3, 0.4) is 0 Å². The summed E-state index contributed by atoms with van der Waals surface area (Å²) in [6, 6.07) is 7.14. The molecular weight excluding hydrogens is 313 g/mol. The number of hydrogen-bond donors (Lipinski definition) is 1. The summed E-state index contributed by atoms with van der Waals surface area (Å²) in [4.78, 5) is 12.7. The highest BCUT2D eigenvalue weighted by Crippen LogP contribution is 2.22. The molecule has 7 nitrogen and oxygen atoms in total. The molecule has 1 atom stereocenters. The Bertz CT molecular complexity index is 806. The van der Waals surface area contributed by atoms with Crippen LogP contribution in [0.2, 0.25) is 0 Å². The quantitative estimate of drug-likeness (QED) is 0.738. The monoisotopic (exact) mass is 329 g/mol. The minimum Gasteiger partial charge on any atom is -0.439 e. The summed E-state index contributed by atoms with van der Waals surface area (Å²) in [6.07, 6.45) is 2.30. The number of anilines is 1. The SMILES string of the molecule is CCC(Nc1nccc(Oc2ccc(F)cc2)n1)c1noc(C)n1. The van der Waals surface area contributed by atoms with E-state index >= 15 is 0 Å². The topological polar surface area (TPSA) is 86.0 Å². The van der Waals surface area contributed by atoms with Crippen LogP contribution in [0, 0.1) is 12.7 Å². The lowest BCUT2D eigenvalue weighted by Gasteiger charge is -2.13. The molecule has 124 valence electrons. The highest BCUT2D eigenvalue weighted by Gasteiger charge is 2.16. The zero-order valence-electron chi connectivity index (χ0n) is 13.2. The molecule has 0 aliphatic heterocycles. The molecule has 0 radical (unpaired) electrons. The van der Waals surface area contributed by atoms with E-state index in [1.54, 1.807) is 19.2 Å². The largest absolute Gasteiger partial charge is 0.439 e. The normalized spacial score (nSPS) is 12.0. The van der Waals surface area contributed by atoms with Crippen molar-refractivity contribution in [1.82, 2.24) is 20.1 Å². The van der Waals surface area contributed by atoms with Gasteiger partial charge in [0.2, 0.25) is 17.7 Å². The molecule has 1 aromatic carbocycles. The molecule has 0 fully saturated rings. The van der Waals surface area contributed by atoms with Crippen LogP contribution in [-0.2, 0) is 0 Å². The van der Waals surface area contributed by atoms with Crippen LogP contribution >= 0.6 is 0 Å². The minimum atomic E-state index is -0.325. The molecule has 3 rings (SSSR count). The molecule has 3 aromatic rings. The summed E-state index contributed by atoms with van der Waals surface area (Å²) >= 11 is 0. The van der Waals surface area contributed by atoms with E-state index in [0.29, 0.717) is 29.3 Å². The molecule has 1 N–H and O–H groups in total. The van der Waals surface area contributed by atoms with Gasteiger partial charge in [0.15, 0.2) is 5.82 Å². The fourth-order valence-electron chi connectivity index (χ4n) is 2.05. The Kier molecular flexibility index (Phi) is 4.64. The number of aromatic nitrogens is 4. The maximum atomic E-state index is 12.9. The van der Waals surface area contributed by atoms with Gasteiger partial charge in [0.25, 0.3) is 0 Å². The third-order valence-corrected chi connectivity index (χ3v) is 3.23. The molecule has 0 saturated heterocycles. The third-order valence-electron chi connectivity index (χ3n) is 3.23. The Morgan fingerprint density at radius 3 is 2.67 bits per heavy atom. The van der Waals surface area contributed by atoms with E-state index in [1.807, 2.05) is 6.92 Å². The van der Waals surface area contributed by atoms with Crippen LogP contribution in [0.15, 0.2) is 41.1 Å². The Hall–Kier alpha value is -3.03. The van der Waals surface area contributed by atoms with Crippen LogP contribution < -0.4 is 10.1 Å². The van der Waals surface area contributed by atoms with Gasteiger partial charge in [0.1, 0.15) is 11.6 Å². The van der Waals surface area contributed by atoms with E-state index < -0.39 is 0 Å². The summed E-state index contributed by atoms with van der Waals surface area (Å²) in [5, 5.41) is 7.06. The molecule has 0 spiro atoms. The predicted molar refractivity (Wildman–Crippen MR) is 84.2 cm³/mol. The van der Waals surface area contributed by atoms with Crippen molar-refractivity contribution < 1.29 is 13.7 Å². The fraction of sp³-hybridized carbons (Fsp3) is 0.250. The molecule has 2 aromatic heterocycles. The number of hydrogen-bond acceptors (Lipinski definition) is 7. The van der Waals surface area contributed by atoms with Crippen molar-refractivity contribution in [3.05, 3.63) is 54.1 Å². The second kappa shape index (κ2) is 7.03. The molecule has 0 bridgehead atoms. The zero-order valence-corrected chi connectivity index (χ0v) is 13.2. The first-order chi connectivity index (χ1) is 11.6. The van der Waals surface area contributed by atoms with Crippen LogP contribution in [0.4, 0.5) is 10.3 Å². The number of ether oxygens (including phenoxy) is 1. The highest BCUT2D eigenvalue weighted by molar-refractivity contribution is 5.33. The van der Waals surface area contributed by atoms with Crippen molar-refractivity contribution in [1.29, 1.82) is 0 Å². The first-order valence-electron chi connectivity index (χ1n) is 7.47. The highest BCUT2D eigenvalue weighted by atomic mass is 19.1. The van der Waals surface area contributed by atoms with Gasteiger partial charge in [0.05, 0.1) is 6.04 Å². The van der Waals surface area contributed by atoms with Crippen LogP contribution in [-0.4, -0.2) is 20.1 Å². The van der Waals surface area contributed by atoms with Gasteiger partial charge in [-0.05, 0) is 30.7 Å². The minimum absolute atomic E-state index is 0.177. The maximum Gasteiger partial charge on any atom is 0.226 e. The van der Waals surface area contributed by atoms with Gasteiger partial charge in [0, 0.05) is 19.2 Å². The van der Waals surface area contributed by atoms with Gasteiger partial charge in [-0.1, -0.05) is 12.1 Å². The summed E-state index contributed by atoms with van der Waals surface area (Å²) in [5.74, 6) is 1.93. The molecule has 0 amide bonds. The Balaban J connectivity index is 1.73. The van der Waals surface area contributed by atoms with E-state index in [0.717, 1.165) is 6.42 Å². The van der Waals surface area contributed by atoms with Crippen LogP contribution in [0.5, 0.6) is 11.6 Å². The lowest BCUT2D eigenvalue weighted by molar-refractivity contribution is 0.384. The van der Waals surface area contributed by atoms with Gasteiger partial charge >= 0.3 is 0 Å². The molecule has 0 saturated carbocycles. The molecule has 24 heavy (non-hydrogen) atoms. The third kappa shape index (κ3) is 3.83. The summed E-state index contributed by atoms with van der Waals surface area (Å²) in [7, 11) is 0. The van der Waals surface area contributed by atoms with E-state index in [1.165, 1.54) is 24.3 Å². The number of aryl methyl sites for hydroxylation is 1. The van der Waals surface area contributed by atoms with Gasteiger partial charge in [-0.2, -0.15) is 9.97 Å². The summed E-state index contributed by atoms with van der Waals surface area (Å²) in [5.41, 5.74) is 0. The number of benzene rings is 1. The van der Waals surface area contributed by atoms with Crippen molar-refractivity contribution >= 4 is 5.95 Å². The average Bonchev–Trinajstić information content (AvgIpc) is 3.01. The molecule has 8 heteroatoms. The molecular formula is C16H16FN5O2. The van der Waals surface area contributed by atoms with E-state index in [4.69, 9.17) is 9.26 Å². The van der Waals surface area contributed by atoms with Gasteiger partial charge in [-0.25, -0.2) is 9.37 Å². The number of nitrogens with one attached hydrogen (secondary N) is 1. The van der Waals surface area contributed by atoms with Gasteiger partial charge in [-0.15, -0.1) is 0 Å². The van der Waals surface area contributed by atoms with Crippen molar-refractivity contribution in [2.45, 2.75) is 26.3 Å². The zero-order chi connectivity index (χ0) is 16.9. The van der Waals surface area contributed by atoms with Crippen LogP contribution in [0.1, 0.15) is 31.1 Å². The predicted octanol–water partition coefficient (Wildman–Crippen LogP) is 3.66. The second-order valence-corrected chi connectivity index (χ2v) is 5.05. The lowest BCUT2D eigenvalue weighted by atomic mass is 10.2. The second-order valence-electron chi connectivity index (χ2n) is 5.05. The van der Waals surface area contributed by atoms with E-state index in [2.05, 4.69) is 25.4 Å². The molecule has 2 heterocycles. The first-order valence-corrected chi connectivity index (χ1v) is 7.47. The molecule has 0 aliphatic rings. The first kappa shape index (κ1) is 15.9. The smallest absolute Gasteiger partial charge is 0.226 e. The van der Waals surface area contributed by atoms with Gasteiger partial charge < -0.3 is 14.6 Å². The number of nitrogens with zero attached hydrogens (tertiary/aromatic N) is 4. The Morgan fingerprint density at radius 1 is 1.21 bits per heavy atom. The molecule has 1 unspecified atom stereocenters. The van der Waals surface area contributed by atoms with Gasteiger partial charge in [-0.3, -0.25) is 0 Å². The summed E-state index contributed by atoms with van der Waals surface area (Å²) < 4.78 is 23.5. The lowest BCUT2D eigenvalue weighted by Crippen LogP contribution is -2.13. The average molecular weight is 329 g/mol. The van der Waals surface area contributed by atoms with E-state index in [9.17, 15) is 4.39 Å².